The van der Waals surface area contributed by atoms with Gasteiger partial charge in [-0.05, 0) is 42.5 Å². The number of hydrogen-bond donors (Lipinski definition) is 2. The molecule has 1 heterocycles. The minimum atomic E-state index is -3.91. The summed E-state index contributed by atoms with van der Waals surface area (Å²) >= 11 is 6.10. The summed E-state index contributed by atoms with van der Waals surface area (Å²) in [6.07, 6.45) is 1.44. The molecule has 3 aromatic rings. The second-order valence-corrected chi connectivity index (χ2v) is 8.86. The maximum atomic E-state index is 12.9. The molecule has 0 spiro atoms. The second kappa shape index (κ2) is 8.45. The number of halogens is 1. The molecule has 1 aliphatic carbocycles. The first-order valence-corrected chi connectivity index (χ1v) is 11.1. The Morgan fingerprint density at radius 2 is 1.67 bits per heavy atom. The molecule has 166 valence electrons. The molecule has 33 heavy (non-hydrogen) atoms. The van der Waals surface area contributed by atoms with E-state index in [1.807, 2.05) is 0 Å². The number of nitro groups is 1. The Morgan fingerprint density at radius 3 is 2.30 bits per heavy atom. The van der Waals surface area contributed by atoms with Gasteiger partial charge in [-0.15, -0.1) is 0 Å². The van der Waals surface area contributed by atoms with Gasteiger partial charge in [0.1, 0.15) is 16.5 Å². The Balaban J connectivity index is 1.59. The molecule has 0 amide bonds. The van der Waals surface area contributed by atoms with Crippen LogP contribution >= 0.6 is 11.6 Å². The summed E-state index contributed by atoms with van der Waals surface area (Å²) in [4.78, 5) is 39.7. The number of hydrogen-bond acceptors (Lipinski definition) is 8. The van der Waals surface area contributed by atoms with Crippen molar-refractivity contribution in [1.29, 1.82) is 0 Å². The highest BCUT2D eigenvalue weighted by Crippen LogP contribution is 2.32. The number of allylic oxidation sites excluding steroid dienone is 2. The van der Waals surface area contributed by atoms with E-state index in [1.54, 1.807) is 12.1 Å². The number of fused-ring (bicyclic) bond motifs is 1. The van der Waals surface area contributed by atoms with Gasteiger partial charge in [0, 0.05) is 35.1 Å². The van der Waals surface area contributed by atoms with E-state index in [0.717, 1.165) is 12.1 Å². The average Bonchev–Trinajstić information content (AvgIpc) is 2.80. The Hall–Kier alpha value is -4.09. The van der Waals surface area contributed by atoms with Crippen LogP contribution in [0.2, 0.25) is 0 Å². The molecule has 0 saturated carbocycles. The number of nitrogens with zero attached hydrogens (tertiary/aromatic N) is 2. The first-order valence-electron chi connectivity index (χ1n) is 9.26. The number of Topliss-reactive ketones (excluding diaryl/α,β-unsaturated/α-hetero) is 2. The summed E-state index contributed by atoms with van der Waals surface area (Å²) in [6.45, 7) is 0. The maximum Gasteiger partial charge on any atom is 0.270 e. The summed E-state index contributed by atoms with van der Waals surface area (Å²) in [6, 6.07) is 13.4. The van der Waals surface area contributed by atoms with Crippen LogP contribution in [0.1, 0.15) is 20.7 Å². The lowest BCUT2D eigenvalue weighted by atomic mass is 9.92. The molecule has 0 atom stereocenters. The Morgan fingerprint density at radius 1 is 0.939 bits per heavy atom. The minimum absolute atomic E-state index is 0.0387. The molecular formula is C21H13ClN4O6S. The average molecular weight is 485 g/mol. The van der Waals surface area contributed by atoms with E-state index >= 15 is 0 Å². The lowest BCUT2D eigenvalue weighted by Gasteiger charge is -2.19. The quantitative estimate of drug-likeness (QED) is 0.397. The van der Waals surface area contributed by atoms with Crippen LogP contribution in [0.3, 0.4) is 0 Å². The number of carbonyl (C=O) groups is 2. The van der Waals surface area contributed by atoms with E-state index < -0.39 is 26.5 Å². The molecule has 10 nitrogen and oxygen atoms in total. The highest BCUT2D eigenvalue weighted by atomic mass is 35.5. The first-order chi connectivity index (χ1) is 15.7. The van der Waals surface area contributed by atoms with Crippen LogP contribution in [0.25, 0.3) is 0 Å². The Labute approximate surface area is 192 Å². The van der Waals surface area contributed by atoms with Crippen molar-refractivity contribution >= 4 is 50.4 Å². The largest absolute Gasteiger partial charge is 0.351 e. The van der Waals surface area contributed by atoms with Crippen molar-refractivity contribution in [2.45, 2.75) is 4.90 Å². The van der Waals surface area contributed by atoms with Crippen molar-refractivity contribution in [2.75, 3.05) is 10.0 Å². The molecule has 2 aromatic carbocycles. The molecule has 12 heteroatoms. The SMILES string of the molecule is O=C1C(Cl)=C(Nc2ccc(S(=O)(=O)Nc3ccccn3)cc2)C(=O)c2cc([N+](=O)[O-])ccc21. The summed E-state index contributed by atoms with van der Waals surface area (Å²) in [7, 11) is -3.91. The zero-order valence-corrected chi connectivity index (χ0v) is 18.1. The third-order valence-electron chi connectivity index (χ3n) is 4.69. The molecule has 0 radical (unpaired) electrons. The number of sulfonamides is 1. The molecule has 1 aromatic heterocycles. The monoisotopic (exact) mass is 484 g/mol. The van der Waals surface area contributed by atoms with Crippen molar-refractivity contribution in [2.24, 2.45) is 0 Å². The first kappa shape index (κ1) is 22.1. The molecule has 0 bridgehead atoms. The number of aromatic nitrogens is 1. The smallest absolute Gasteiger partial charge is 0.270 e. The van der Waals surface area contributed by atoms with E-state index in [1.165, 1.54) is 42.6 Å². The fourth-order valence-electron chi connectivity index (χ4n) is 3.09. The number of ketones is 2. The normalized spacial score (nSPS) is 13.5. The molecule has 2 N–H and O–H groups in total. The number of nitro benzene ring substituents is 1. The topological polar surface area (TPSA) is 148 Å². The zero-order chi connectivity index (χ0) is 23.8. The van der Waals surface area contributed by atoms with E-state index in [2.05, 4.69) is 15.0 Å². The molecule has 0 saturated heterocycles. The lowest BCUT2D eigenvalue weighted by molar-refractivity contribution is -0.384. The molecule has 1 aliphatic rings. The van der Waals surface area contributed by atoms with Gasteiger partial charge in [0.15, 0.2) is 0 Å². The number of non-ortho nitro benzene ring substituents is 1. The maximum absolute atomic E-state index is 12.9. The zero-order valence-electron chi connectivity index (χ0n) is 16.5. The van der Waals surface area contributed by atoms with Crippen molar-refractivity contribution < 1.29 is 22.9 Å². The number of pyridine rings is 1. The predicted octanol–water partition coefficient (Wildman–Crippen LogP) is 3.73. The number of benzene rings is 2. The van der Waals surface area contributed by atoms with Crippen molar-refractivity contribution in [1.82, 2.24) is 4.98 Å². The second-order valence-electron chi connectivity index (χ2n) is 6.80. The van der Waals surface area contributed by atoms with E-state index in [9.17, 15) is 28.1 Å². The van der Waals surface area contributed by atoms with Crippen LogP contribution in [0.4, 0.5) is 17.2 Å². The highest BCUT2D eigenvalue weighted by Gasteiger charge is 2.33. The van der Waals surface area contributed by atoms with E-state index in [-0.39, 0.29) is 43.9 Å². The summed E-state index contributed by atoms with van der Waals surface area (Å²) < 4.78 is 27.4. The van der Waals surface area contributed by atoms with Crippen molar-refractivity contribution in [3.63, 3.8) is 0 Å². The minimum Gasteiger partial charge on any atom is -0.351 e. The lowest BCUT2D eigenvalue weighted by Crippen LogP contribution is -2.24. The van der Waals surface area contributed by atoms with Gasteiger partial charge in [-0.2, -0.15) is 0 Å². The molecular weight excluding hydrogens is 472 g/mol. The third kappa shape index (κ3) is 4.31. The van der Waals surface area contributed by atoms with Crippen LogP contribution in [0.5, 0.6) is 0 Å². The summed E-state index contributed by atoms with van der Waals surface area (Å²) in [5.41, 5.74) is -0.530. The fourth-order valence-corrected chi connectivity index (χ4v) is 4.33. The number of anilines is 2. The predicted molar refractivity (Wildman–Crippen MR) is 120 cm³/mol. The van der Waals surface area contributed by atoms with E-state index in [0.29, 0.717) is 0 Å². The van der Waals surface area contributed by atoms with Crippen molar-refractivity contribution in [3.8, 4) is 0 Å². The molecule has 0 unspecified atom stereocenters. The van der Waals surface area contributed by atoms with Gasteiger partial charge in [0.05, 0.1) is 9.82 Å². The molecule has 0 fully saturated rings. The number of carbonyl (C=O) groups excluding carboxylic acids is 2. The summed E-state index contributed by atoms with van der Waals surface area (Å²) in [5.74, 6) is -1.22. The van der Waals surface area contributed by atoms with Gasteiger partial charge in [-0.25, -0.2) is 13.4 Å². The standard InChI is InChI=1S/C21H13ClN4O6S/c22-18-19(21(28)16-11-13(26(29)30)6-9-15(16)20(18)27)24-12-4-7-14(8-5-12)33(31,32)25-17-3-1-2-10-23-17/h1-11,24H,(H,23,25). The van der Waals surface area contributed by atoms with Gasteiger partial charge in [0.25, 0.3) is 15.7 Å². The van der Waals surface area contributed by atoms with Gasteiger partial charge < -0.3 is 5.32 Å². The Kier molecular flexibility index (Phi) is 5.66. The molecule has 4 rings (SSSR count). The van der Waals surface area contributed by atoms with Crippen LogP contribution in [0.15, 0.2) is 82.5 Å². The van der Waals surface area contributed by atoms with Gasteiger partial charge in [-0.1, -0.05) is 17.7 Å². The van der Waals surface area contributed by atoms with Gasteiger partial charge in [-0.3, -0.25) is 24.4 Å². The van der Waals surface area contributed by atoms with Crippen LogP contribution in [-0.4, -0.2) is 29.9 Å². The number of rotatable bonds is 6. The van der Waals surface area contributed by atoms with E-state index in [4.69, 9.17) is 11.6 Å². The van der Waals surface area contributed by atoms with Crippen LogP contribution < -0.4 is 10.0 Å². The highest BCUT2D eigenvalue weighted by molar-refractivity contribution is 7.92. The van der Waals surface area contributed by atoms with Gasteiger partial charge in [0.2, 0.25) is 11.6 Å². The van der Waals surface area contributed by atoms with Crippen LogP contribution in [-0.2, 0) is 10.0 Å². The fraction of sp³-hybridized carbons (Fsp3) is 0. The molecule has 0 aliphatic heterocycles. The number of nitrogens with one attached hydrogen (secondary N) is 2. The summed E-state index contributed by atoms with van der Waals surface area (Å²) in [5, 5.41) is 13.4. The van der Waals surface area contributed by atoms with Crippen LogP contribution in [0, 0.1) is 10.1 Å². The van der Waals surface area contributed by atoms with Gasteiger partial charge >= 0.3 is 0 Å². The Bertz CT molecular complexity index is 1440. The third-order valence-corrected chi connectivity index (χ3v) is 6.42. The van der Waals surface area contributed by atoms with Crippen molar-refractivity contribution in [3.05, 3.63) is 98.8 Å².